The maximum absolute atomic E-state index is 14.6. The maximum Gasteiger partial charge on any atom is 0.264 e. The first-order valence-electron chi connectivity index (χ1n) is 15.8. The summed E-state index contributed by atoms with van der Waals surface area (Å²) in [5.74, 6) is -0.473. The molecular weight excluding hydrogens is 631 g/mol. The Bertz CT molecular complexity index is 1680. The summed E-state index contributed by atoms with van der Waals surface area (Å²) in [6, 6.07) is 31.4. The summed E-state index contributed by atoms with van der Waals surface area (Å²) in [5, 5.41) is 3.02. The molecule has 10 heteroatoms. The van der Waals surface area contributed by atoms with E-state index in [4.69, 9.17) is 4.74 Å². The fraction of sp³-hybridized carbons (Fsp3) is 0.297. The van der Waals surface area contributed by atoms with Crippen molar-refractivity contribution >= 4 is 39.3 Å². The molecular formula is C37H43N3O5S2. The number of para-hydroxylation sites is 2. The number of carbonyl (C=O) groups excluding carboxylic acids is 2. The lowest BCUT2D eigenvalue weighted by Crippen LogP contribution is -2.53. The molecule has 4 aromatic carbocycles. The standard InChI is InChI=1S/C37H43N3O5S2/c1-4-6-25-38-37(42)34(26-29-15-9-7-10-16-29)39(27-30-17-11-8-12-18-30)36(41)28-40(33-19-13-14-20-35(33)45-5-2)47(43,44)32-23-21-31(46-3)22-24-32/h7-24,34H,4-6,25-28H2,1-3H3,(H,38,42)/t34-/m1/s1. The molecule has 1 N–H and O–H groups in total. The van der Waals surface area contributed by atoms with Gasteiger partial charge < -0.3 is 15.0 Å². The molecule has 0 bridgehead atoms. The number of benzene rings is 4. The van der Waals surface area contributed by atoms with E-state index in [-0.39, 0.29) is 29.5 Å². The molecule has 47 heavy (non-hydrogen) atoms. The number of hydrogen-bond donors (Lipinski definition) is 1. The van der Waals surface area contributed by atoms with E-state index < -0.39 is 28.5 Å². The highest BCUT2D eigenvalue weighted by molar-refractivity contribution is 7.98. The topological polar surface area (TPSA) is 96.0 Å². The average molecular weight is 674 g/mol. The molecule has 1 atom stereocenters. The van der Waals surface area contributed by atoms with Crippen molar-refractivity contribution in [3.8, 4) is 5.75 Å². The second-order valence-corrected chi connectivity index (χ2v) is 13.7. The van der Waals surface area contributed by atoms with Crippen LogP contribution in [0.25, 0.3) is 0 Å². The lowest BCUT2D eigenvalue weighted by molar-refractivity contribution is -0.140. The molecule has 0 saturated carbocycles. The highest BCUT2D eigenvalue weighted by atomic mass is 32.2. The van der Waals surface area contributed by atoms with Crippen molar-refractivity contribution in [3.05, 3.63) is 120 Å². The molecule has 4 aromatic rings. The lowest BCUT2D eigenvalue weighted by atomic mass is 10.0. The fourth-order valence-corrected chi connectivity index (χ4v) is 7.00. The Hall–Kier alpha value is -4.28. The van der Waals surface area contributed by atoms with Crippen molar-refractivity contribution < 1.29 is 22.7 Å². The molecule has 4 rings (SSSR count). The summed E-state index contributed by atoms with van der Waals surface area (Å²) in [5.41, 5.74) is 1.94. The molecule has 8 nitrogen and oxygen atoms in total. The number of hydrogen-bond acceptors (Lipinski definition) is 6. The number of ether oxygens (including phenoxy) is 1. The second kappa shape index (κ2) is 17.6. The van der Waals surface area contributed by atoms with Crippen LogP contribution >= 0.6 is 11.8 Å². The molecule has 0 aliphatic rings. The third-order valence-electron chi connectivity index (χ3n) is 7.66. The number of sulfonamides is 1. The van der Waals surface area contributed by atoms with Gasteiger partial charge >= 0.3 is 0 Å². The first kappa shape index (κ1) is 35.6. The average Bonchev–Trinajstić information content (AvgIpc) is 3.10. The Kier molecular flexibility index (Phi) is 13.3. The third-order valence-corrected chi connectivity index (χ3v) is 10.2. The second-order valence-electron chi connectivity index (χ2n) is 10.9. The number of anilines is 1. The molecule has 0 aliphatic carbocycles. The molecule has 0 unspecified atom stereocenters. The van der Waals surface area contributed by atoms with Gasteiger partial charge in [0.05, 0.1) is 17.2 Å². The van der Waals surface area contributed by atoms with Crippen LogP contribution in [-0.2, 0) is 32.6 Å². The zero-order chi connectivity index (χ0) is 33.6. The van der Waals surface area contributed by atoms with Crippen molar-refractivity contribution in [3.63, 3.8) is 0 Å². The zero-order valence-corrected chi connectivity index (χ0v) is 28.8. The van der Waals surface area contributed by atoms with E-state index in [0.717, 1.165) is 33.2 Å². The van der Waals surface area contributed by atoms with Gasteiger partial charge in [0.2, 0.25) is 11.8 Å². The van der Waals surface area contributed by atoms with Crippen LogP contribution in [-0.4, -0.2) is 57.1 Å². The monoisotopic (exact) mass is 673 g/mol. The zero-order valence-electron chi connectivity index (χ0n) is 27.2. The van der Waals surface area contributed by atoms with Gasteiger partial charge in [-0.2, -0.15) is 0 Å². The Labute approximate surface area is 283 Å². The summed E-state index contributed by atoms with van der Waals surface area (Å²) in [4.78, 5) is 31.0. The number of carbonyl (C=O) groups is 2. The minimum Gasteiger partial charge on any atom is -0.492 e. The number of amides is 2. The molecule has 0 spiro atoms. The number of rotatable bonds is 17. The van der Waals surface area contributed by atoms with Gasteiger partial charge in [-0.3, -0.25) is 13.9 Å². The number of thioether (sulfide) groups is 1. The molecule has 0 heterocycles. The number of unbranched alkanes of at least 4 members (excludes halogenated alkanes) is 1. The van der Waals surface area contributed by atoms with Crippen molar-refractivity contribution in [1.82, 2.24) is 10.2 Å². The summed E-state index contributed by atoms with van der Waals surface area (Å²) in [6.07, 6.45) is 3.88. The number of nitrogens with zero attached hydrogens (tertiary/aromatic N) is 2. The van der Waals surface area contributed by atoms with E-state index in [1.54, 1.807) is 48.5 Å². The Morgan fingerprint density at radius 2 is 1.45 bits per heavy atom. The van der Waals surface area contributed by atoms with Gasteiger partial charge in [0.1, 0.15) is 18.3 Å². The van der Waals surface area contributed by atoms with Crippen molar-refractivity contribution in [1.29, 1.82) is 0 Å². The van der Waals surface area contributed by atoms with Crippen LogP contribution in [0.1, 0.15) is 37.8 Å². The quantitative estimate of drug-likeness (QED) is 0.101. The van der Waals surface area contributed by atoms with Gasteiger partial charge in [0.15, 0.2) is 0 Å². The van der Waals surface area contributed by atoms with E-state index in [2.05, 4.69) is 5.32 Å². The smallest absolute Gasteiger partial charge is 0.264 e. The first-order valence-corrected chi connectivity index (χ1v) is 18.5. The Morgan fingerprint density at radius 1 is 0.830 bits per heavy atom. The van der Waals surface area contributed by atoms with E-state index in [1.165, 1.54) is 16.7 Å². The predicted octanol–water partition coefficient (Wildman–Crippen LogP) is 6.56. The summed E-state index contributed by atoms with van der Waals surface area (Å²) in [7, 11) is -4.25. The molecule has 0 radical (unpaired) electrons. The largest absolute Gasteiger partial charge is 0.492 e. The van der Waals surface area contributed by atoms with Crippen molar-refractivity contribution in [2.75, 3.05) is 30.3 Å². The van der Waals surface area contributed by atoms with Crippen LogP contribution in [0.2, 0.25) is 0 Å². The molecule has 0 aliphatic heterocycles. The molecule has 0 fully saturated rings. The SMILES string of the molecule is CCCCNC(=O)[C@@H](Cc1ccccc1)N(Cc1ccccc1)C(=O)CN(c1ccccc1OCC)S(=O)(=O)c1ccc(SC)cc1. The third kappa shape index (κ3) is 9.62. The Balaban J connectivity index is 1.81. The van der Waals surface area contributed by atoms with Crippen LogP contribution in [0.5, 0.6) is 5.75 Å². The normalized spacial score (nSPS) is 11.8. The van der Waals surface area contributed by atoms with Crippen LogP contribution < -0.4 is 14.4 Å². The van der Waals surface area contributed by atoms with E-state index in [0.29, 0.717) is 18.9 Å². The predicted molar refractivity (Wildman–Crippen MR) is 189 cm³/mol. The summed E-state index contributed by atoms with van der Waals surface area (Å²) >= 11 is 1.50. The van der Waals surface area contributed by atoms with Gasteiger partial charge in [-0.25, -0.2) is 8.42 Å². The molecule has 0 saturated heterocycles. The van der Waals surface area contributed by atoms with E-state index >= 15 is 0 Å². The van der Waals surface area contributed by atoms with Crippen LogP contribution in [0, 0.1) is 0 Å². The summed E-state index contributed by atoms with van der Waals surface area (Å²) < 4.78 is 35.7. The van der Waals surface area contributed by atoms with Gasteiger partial charge in [0, 0.05) is 24.4 Å². The van der Waals surface area contributed by atoms with Crippen LogP contribution in [0.4, 0.5) is 5.69 Å². The summed E-state index contributed by atoms with van der Waals surface area (Å²) in [6.45, 7) is 4.21. The van der Waals surface area contributed by atoms with Crippen LogP contribution in [0.3, 0.4) is 0 Å². The van der Waals surface area contributed by atoms with Gasteiger partial charge in [-0.15, -0.1) is 11.8 Å². The highest BCUT2D eigenvalue weighted by Crippen LogP contribution is 2.33. The van der Waals surface area contributed by atoms with E-state index in [1.807, 2.05) is 80.8 Å². The molecule has 2 amide bonds. The minimum absolute atomic E-state index is 0.0437. The first-order chi connectivity index (χ1) is 22.8. The molecule has 248 valence electrons. The van der Waals surface area contributed by atoms with E-state index in [9.17, 15) is 18.0 Å². The van der Waals surface area contributed by atoms with Crippen LogP contribution in [0.15, 0.2) is 119 Å². The van der Waals surface area contributed by atoms with Gasteiger partial charge in [-0.05, 0) is 67.1 Å². The fourth-order valence-electron chi connectivity index (χ4n) is 5.17. The minimum atomic E-state index is -4.25. The maximum atomic E-state index is 14.6. The van der Waals surface area contributed by atoms with Gasteiger partial charge in [0.25, 0.3) is 10.0 Å². The van der Waals surface area contributed by atoms with Crippen molar-refractivity contribution in [2.24, 2.45) is 0 Å². The Morgan fingerprint density at radius 3 is 2.06 bits per heavy atom. The van der Waals surface area contributed by atoms with Crippen molar-refractivity contribution in [2.45, 2.75) is 55.5 Å². The van der Waals surface area contributed by atoms with Gasteiger partial charge in [-0.1, -0.05) is 86.1 Å². The lowest BCUT2D eigenvalue weighted by Gasteiger charge is -2.34. The number of nitrogens with one attached hydrogen (secondary N) is 1. The highest BCUT2D eigenvalue weighted by Gasteiger charge is 2.35. The molecule has 0 aromatic heterocycles.